The van der Waals surface area contributed by atoms with Crippen molar-refractivity contribution in [3.05, 3.63) is 104 Å². The van der Waals surface area contributed by atoms with Crippen molar-refractivity contribution in [1.29, 1.82) is 0 Å². The third-order valence-corrected chi connectivity index (χ3v) is 12.7. The molecule has 48 heavy (non-hydrogen) atoms. The average Bonchev–Trinajstić information content (AvgIpc) is 3.79. The van der Waals surface area contributed by atoms with Crippen LogP contribution < -0.4 is 19.8 Å². The highest BCUT2D eigenvalue weighted by atomic mass is 32.2. The summed E-state index contributed by atoms with van der Waals surface area (Å²) in [5.74, 6) is -2.90. The van der Waals surface area contributed by atoms with Crippen molar-refractivity contribution in [3.63, 3.8) is 0 Å². The van der Waals surface area contributed by atoms with Gasteiger partial charge in [-0.2, -0.15) is 13.2 Å². The minimum Gasteiger partial charge on any atom is -0.484 e. The van der Waals surface area contributed by atoms with Crippen LogP contribution in [-0.4, -0.2) is 34.6 Å². The van der Waals surface area contributed by atoms with Crippen LogP contribution >= 0.6 is 23.1 Å². The van der Waals surface area contributed by atoms with Crippen LogP contribution in [0.2, 0.25) is 0 Å². The van der Waals surface area contributed by atoms with E-state index in [4.69, 9.17) is 4.74 Å². The van der Waals surface area contributed by atoms with E-state index in [0.717, 1.165) is 49.4 Å². The number of imide groups is 1. The Hall–Kier alpha value is -4.36. The molecule has 3 fully saturated rings. The molecule has 3 amide bonds. The van der Waals surface area contributed by atoms with Gasteiger partial charge in [-0.3, -0.25) is 24.1 Å². The van der Waals surface area contributed by atoms with Gasteiger partial charge >= 0.3 is 11.0 Å². The first-order valence-corrected chi connectivity index (χ1v) is 17.2. The zero-order chi connectivity index (χ0) is 33.5. The number of H-pyrrole nitrogens is 1. The van der Waals surface area contributed by atoms with Crippen molar-refractivity contribution in [2.75, 3.05) is 16.8 Å². The van der Waals surface area contributed by atoms with Crippen LogP contribution in [-0.2, 0) is 20.6 Å². The molecular formula is C35H28F3N3O5S2. The molecule has 2 aliphatic carbocycles. The van der Waals surface area contributed by atoms with Crippen molar-refractivity contribution in [2.45, 2.75) is 35.7 Å². The number of hydrogen-bond donors (Lipinski definition) is 2. The van der Waals surface area contributed by atoms with Gasteiger partial charge in [0, 0.05) is 21.7 Å². The largest absolute Gasteiger partial charge is 0.484 e. The lowest BCUT2D eigenvalue weighted by molar-refractivity contribution is -0.137. The van der Waals surface area contributed by atoms with Gasteiger partial charge in [-0.15, -0.1) is 11.8 Å². The Morgan fingerprint density at radius 2 is 1.71 bits per heavy atom. The number of aromatic nitrogens is 1. The molecule has 8 rings (SSSR count). The van der Waals surface area contributed by atoms with Crippen molar-refractivity contribution in [1.82, 2.24) is 4.98 Å². The van der Waals surface area contributed by atoms with Crippen molar-refractivity contribution >= 4 is 52.2 Å². The predicted octanol–water partition coefficient (Wildman–Crippen LogP) is 6.46. The highest BCUT2D eigenvalue weighted by molar-refractivity contribution is 8.00. The smallest absolute Gasteiger partial charge is 0.416 e. The molecule has 4 unspecified atom stereocenters. The van der Waals surface area contributed by atoms with Gasteiger partial charge in [0.1, 0.15) is 5.75 Å². The van der Waals surface area contributed by atoms with Crippen LogP contribution in [0.1, 0.15) is 33.9 Å². The van der Waals surface area contributed by atoms with Gasteiger partial charge < -0.3 is 15.0 Å². The van der Waals surface area contributed by atoms with E-state index in [1.807, 2.05) is 49.4 Å². The molecule has 2 N–H and O–H groups in total. The van der Waals surface area contributed by atoms with E-state index in [-0.39, 0.29) is 52.0 Å². The number of aryl methyl sites for hydroxylation is 1. The predicted molar refractivity (Wildman–Crippen MR) is 174 cm³/mol. The molecule has 13 heteroatoms. The number of ether oxygens (including phenoxy) is 1. The van der Waals surface area contributed by atoms with E-state index in [9.17, 15) is 32.3 Å². The Balaban J connectivity index is 1.08. The van der Waals surface area contributed by atoms with E-state index >= 15 is 0 Å². The number of thiazole rings is 1. The summed E-state index contributed by atoms with van der Waals surface area (Å²) in [5, 5.41) is 3.45. The molecule has 4 aliphatic rings. The van der Waals surface area contributed by atoms with Gasteiger partial charge in [0.15, 0.2) is 6.61 Å². The van der Waals surface area contributed by atoms with E-state index < -0.39 is 35.4 Å². The van der Waals surface area contributed by atoms with Crippen LogP contribution in [0.4, 0.5) is 24.5 Å². The fourth-order valence-corrected chi connectivity index (χ4v) is 11.1. The number of nitrogens with zero attached hydrogens (tertiary/aromatic N) is 1. The first kappa shape index (κ1) is 30.9. The first-order valence-electron chi connectivity index (χ1n) is 15.5. The van der Waals surface area contributed by atoms with Gasteiger partial charge in [-0.05, 0) is 79.1 Å². The fourth-order valence-electron chi connectivity index (χ4n) is 8.25. The third kappa shape index (κ3) is 5.06. The van der Waals surface area contributed by atoms with Gasteiger partial charge in [0.2, 0.25) is 11.8 Å². The Morgan fingerprint density at radius 3 is 2.46 bits per heavy atom. The second-order valence-electron chi connectivity index (χ2n) is 12.8. The number of thioether (sulfide) groups is 1. The Kier molecular flexibility index (Phi) is 7.33. The van der Waals surface area contributed by atoms with Crippen LogP contribution in [0, 0.1) is 36.5 Å². The van der Waals surface area contributed by atoms with E-state index in [1.54, 1.807) is 6.07 Å². The summed E-state index contributed by atoms with van der Waals surface area (Å²) in [7, 11) is 0. The molecule has 2 aliphatic heterocycles. The monoisotopic (exact) mass is 691 g/mol. The number of aromatic amines is 1. The van der Waals surface area contributed by atoms with Crippen LogP contribution in [0.15, 0.2) is 82.6 Å². The van der Waals surface area contributed by atoms with Gasteiger partial charge in [0.25, 0.3) is 5.91 Å². The molecule has 3 aromatic carbocycles. The van der Waals surface area contributed by atoms with E-state index in [0.29, 0.717) is 17.9 Å². The summed E-state index contributed by atoms with van der Waals surface area (Å²) in [5.41, 5.74) is 1.59. The number of hydrogen-bond acceptors (Lipinski definition) is 7. The van der Waals surface area contributed by atoms with Crippen LogP contribution in [0.3, 0.4) is 0 Å². The number of amides is 3. The molecule has 8 nitrogen and oxygen atoms in total. The maximum atomic E-state index is 14.0. The summed E-state index contributed by atoms with van der Waals surface area (Å²) in [4.78, 5) is 57.6. The van der Waals surface area contributed by atoms with Crippen LogP contribution in [0.5, 0.6) is 5.75 Å². The second kappa shape index (κ2) is 11.4. The molecular weight excluding hydrogens is 664 g/mol. The molecule has 2 bridgehead atoms. The summed E-state index contributed by atoms with van der Waals surface area (Å²) >= 11 is 2.64. The molecule has 1 aromatic heterocycles. The number of halogens is 3. The number of carbonyl (C=O) groups excluding carboxylic acids is 3. The number of alkyl halides is 3. The maximum Gasteiger partial charge on any atom is 0.416 e. The number of rotatable bonds is 6. The molecule has 7 atom stereocenters. The van der Waals surface area contributed by atoms with Gasteiger partial charge in [-0.1, -0.05) is 47.2 Å². The van der Waals surface area contributed by atoms with E-state index in [1.165, 1.54) is 23.9 Å². The minimum absolute atomic E-state index is 0.0690. The standard InChI is InChI=1S/C35H28F3N3O5S2/c1-16-8-10-19(11-9-16)39-24(42)15-46-21-7-2-4-17(12-21)25-26-22-14-23(29(26)47-31-30(25)48-34(45)40-31)28-27(22)32(43)41(33(28)44)20-6-3-5-18(13-20)35(36,37)38/h2-13,22-23,25-29H,14-15H2,1H3,(H,39,42)(H,40,45)/t22-,23-,25-,26?,27?,28?,29?/m1/s1. The van der Waals surface area contributed by atoms with Crippen molar-refractivity contribution < 1.29 is 32.3 Å². The second-order valence-corrected chi connectivity index (χ2v) is 15.0. The lowest BCUT2D eigenvalue weighted by Crippen LogP contribution is -2.42. The fraction of sp³-hybridized carbons (Fsp3) is 0.314. The molecule has 2 saturated carbocycles. The maximum absolute atomic E-state index is 14.0. The SMILES string of the molecule is Cc1ccc(NC(=O)COc2cccc([C@H]3c4sc(=O)[nH]c4SC4C3[C@H]3C[C@@H]4C4C(=O)N(c5cccc(C(F)(F)F)c5)C(=O)C43)c2)cc1. The van der Waals surface area contributed by atoms with Crippen molar-refractivity contribution in [2.24, 2.45) is 29.6 Å². The van der Waals surface area contributed by atoms with E-state index in [2.05, 4.69) is 10.3 Å². The zero-order valence-corrected chi connectivity index (χ0v) is 27.0. The lowest BCUT2D eigenvalue weighted by atomic mass is 9.68. The lowest BCUT2D eigenvalue weighted by Gasteiger charge is -2.43. The topological polar surface area (TPSA) is 109 Å². The highest BCUT2D eigenvalue weighted by Crippen LogP contribution is 2.68. The Bertz CT molecular complexity index is 2030. The molecule has 0 radical (unpaired) electrons. The normalized spacial score (nSPS) is 27.1. The van der Waals surface area contributed by atoms with Crippen LogP contribution in [0.25, 0.3) is 0 Å². The number of carbonyl (C=O) groups is 3. The van der Waals surface area contributed by atoms with Crippen molar-refractivity contribution in [3.8, 4) is 5.75 Å². The molecule has 3 heterocycles. The summed E-state index contributed by atoms with van der Waals surface area (Å²) < 4.78 is 46.4. The first-order chi connectivity index (χ1) is 23.0. The molecule has 0 spiro atoms. The summed E-state index contributed by atoms with van der Waals surface area (Å²) in [6.45, 7) is 1.74. The molecule has 246 valence electrons. The van der Waals surface area contributed by atoms with Gasteiger partial charge in [0.05, 0.1) is 28.1 Å². The summed E-state index contributed by atoms with van der Waals surface area (Å²) in [6.07, 6.45) is -3.98. The number of anilines is 2. The quantitative estimate of drug-likeness (QED) is 0.225. The minimum atomic E-state index is -4.62. The van der Waals surface area contributed by atoms with Gasteiger partial charge in [-0.25, -0.2) is 0 Å². The Morgan fingerprint density at radius 1 is 0.979 bits per heavy atom. The highest BCUT2D eigenvalue weighted by Gasteiger charge is 2.69. The molecule has 4 aromatic rings. The zero-order valence-electron chi connectivity index (χ0n) is 25.3. The number of nitrogens with one attached hydrogen (secondary N) is 2. The average molecular weight is 692 g/mol. The third-order valence-electron chi connectivity index (χ3n) is 10.1. The molecule has 1 saturated heterocycles. The summed E-state index contributed by atoms with van der Waals surface area (Å²) in [6, 6.07) is 19.1. The number of benzene rings is 3. The Labute approximate surface area is 280 Å². The number of fused-ring (bicyclic) bond motifs is 9.